The average Bonchev–Trinajstić information content (AvgIpc) is 4.07. The summed E-state index contributed by atoms with van der Waals surface area (Å²) in [6.07, 6.45) is 4.67. The molecule has 0 N–H and O–H groups in total. The topological polar surface area (TPSA) is 0 Å². The molecule has 0 amide bonds. The van der Waals surface area contributed by atoms with Crippen LogP contribution in [0.1, 0.15) is 54.4 Å². The van der Waals surface area contributed by atoms with Crippen LogP contribution in [0.25, 0.3) is 87.6 Å². The van der Waals surface area contributed by atoms with Crippen molar-refractivity contribution in [3.8, 4) is 44.5 Å². The van der Waals surface area contributed by atoms with Crippen LogP contribution in [0.3, 0.4) is 0 Å². The average molecular weight is 693 g/mol. The Bertz CT molecular complexity index is 2920. The molecule has 0 aromatic heterocycles. The van der Waals surface area contributed by atoms with Gasteiger partial charge in [0.05, 0.1) is 0 Å². The van der Waals surface area contributed by atoms with Crippen molar-refractivity contribution in [2.75, 3.05) is 0 Å². The minimum Gasteiger partial charge on any atom is -0.0651 e. The van der Waals surface area contributed by atoms with Gasteiger partial charge in [-0.3, -0.25) is 0 Å². The van der Waals surface area contributed by atoms with Gasteiger partial charge in [0.2, 0.25) is 0 Å². The van der Waals surface area contributed by atoms with Gasteiger partial charge in [0.1, 0.15) is 0 Å². The fourth-order valence-corrected chi connectivity index (χ4v) is 9.23. The first kappa shape index (κ1) is 32.7. The van der Waals surface area contributed by atoms with E-state index in [2.05, 4.69) is 178 Å². The number of aryl methyl sites for hydroxylation is 3. The molecule has 9 aromatic rings. The van der Waals surface area contributed by atoms with Crippen molar-refractivity contribution in [1.82, 2.24) is 0 Å². The molecule has 0 unspecified atom stereocenters. The van der Waals surface area contributed by atoms with Gasteiger partial charge in [0, 0.05) is 0 Å². The lowest BCUT2D eigenvalue weighted by atomic mass is 9.84. The lowest BCUT2D eigenvalue weighted by molar-refractivity contribution is 0.924. The van der Waals surface area contributed by atoms with Gasteiger partial charge < -0.3 is 0 Å². The monoisotopic (exact) mass is 692 g/mol. The highest BCUT2D eigenvalue weighted by Gasteiger charge is 2.28. The predicted octanol–water partition coefficient (Wildman–Crippen LogP) is 15.4. The Balaban J connectivity index is 1.10. The number of hydrogen-bond donors (Lipinski definition) is 0. The molecule has 0 heteroatoms. The van der Waals surface area contributed by atoms with Crippen LogP contribution in [-0.4, -0.2) is 0 Å². The molecule has 1 saturated carbocycles. The number of benzene rings is 9. The minimum atomic E-state index is 0.613. The normalized spacial score (nSPS) is 13.0. The smallest absolute Gasteiger partial charge is 0.00989 e. The van der Waals surface area contributed by atoms with Crippen LogP contribution in [0.2, 0.25) is 0 Å². The van der Waals surface area contributed by atoms with Gasteiger partial charge in [0.15, 0.2) is 0 Å². The maximum absolute atomic E-state index is 2.52. The zero-order chi connectivity index (χ0) is 36.3. The van der Waals surface area contributed by atoms with Crippen molar-refractivity contribution in [1.29, 1.82) is 0 Å². The highest BCUT2D eigenvalue weighted by molar-refractivity contribution is 6.15. The summed E-state index contributed by atoms with van der Waals surface area (Å²) in [7, 11) is 0. The molecule has 0 spiro atoms. The first-order valence-corrected chi connectivity index (χ1v) is 19.8. The Labute approximate surface area is 318 Å². The molecule has 0 bridgehead atoms. The molecule has 0 heterocycles. The highest BCUT2D eigenvalue weighted by Crippen LogP contribution is 2.48. The lowest BCUT2D eigenvalue weighted by Crippen LogP contribution is -1.97. The van der Waals surface area contributed by atoms with Crippen molar-refractivity contribution < 1.29 is 0 Å². The van der Waals surface area contributed by atoms with Gasteiger partial charge >= 0.3 is 0 Å². The Hall–Kier alpha value is -5.98. The third-order valence-electron chi connectivity index (χ3n) is 12.0. The molecule has 1 fully saturated rings. The van der Waals surface area contributed by atoms with Crippen LogP contribution < -0.4 is 0 Å². The van der Waals surface area contributed by atoms with E-state index in [9.17, 15) is 0 Å². The molecular weight excluding hydrogens is 649 g/mol. The van der Waals surface area contributed by atoms with E-state index in [4.69, 9.17) is 0 Å². The maximum atomic E-state index is 2.52. The third kappa shape index (κ3) is 5.52. The molecule has 0 saturated heterocycles. The fraction of sp³-hybridized carbons (Fsp3) is 0.148. The number of hydrogen-bond acceptors (Lipinski definition) is 0. The summed E-state index contributed by atoms with van der Waals surface area (Å²) < 4.78 is 0. The second-order valence-electron chi connectivity index (χ2n) is 15.6. The first-order chi connectivity index (χ1) is 26.6. The third-order valence-corrected chi connectivity index (χ3v) is 12.0. The van der Waals surface area contributed by atoms with Crippen LogP contribution in [0.15, 0.2) is 158 Å². The van der Waals surface area contributed by atoms with Gasteiger partial charge in [0.25, 0.3) is 0 Å². The molecular formula is C54H44. The highest BCUT2D eigenvalue weighted by atomic mass is 14.3. The molecule has 0 atom stereocenters. The Morgan fingerprint density at radius 2 is 0.889 bits per heavy atom. The summed E-state index contributed by atoms with van der Waals surface area (Å²) in [5, 5.41) is 10.5. The number of rotatable bonds is 7. The van der Waals surface area contributed by atoms with Gasteiger partial charge in [-0.1, -0.05) is 153 Å². The Morgan fingerprint density at radius 1 is 0.407 bits per heavy atom. The van der Waals surface area contributed by atoms with Crippen molar-refractivity contribution in [2.45, 2.75) is 52.4 Å². The van der Waals surface area contributed by atoms with E-state index >= 15 is 0 Å². The SMILES string of the molecule is CCCc1cc(-c2cc3ccccc3c3ccccc23)ccc1-c1cc(-c2ccc(-c3cc4ccccc4c4ccccc34)cc2C2CC2)c(C)cc1C. The maximum Gasteiger partial charge on any atom is -0.00989 e. The quantitative estimate of drug-likeness (QED) is 0.146. The van der Waals surface area contributed by atoms with Crippen molar-refractivity contribution in [3.63, 3.8) is 0 Å². The zero-order valence-electron chi connectivity index (χ0n) is 31.4. The minimum absolute atomic E-state index is 0.613. The summed E-state index contributed by atoms with van der Waals surface area (Å²) >= 11 is 0. The molecule has 1 aliphatic rings. The van der Waals surface area contributed by atoms with E-state index in [-0.39, 0.29) is 0 Å². The van der Waals surface area contributed by atoms with Crippen LogP contribution >= 0.6 is 0 Å². The van der Waals surface area contributed by atoms with Crippen molar-refractivity contribution >= 4 is 43.1 Å². The van der Waals surface area contributed by atoms with Crippen LogP contribution in [0.5, 0.6) is 0 Å². The second-order valence-corrected chi connectivity index (χ2v) is 15.6. The van der Waals surface area contributed by atoms with Gasteiger partial charge in [-0.15, -0.1) is 0 Å². The molecule has 0 nitrogen and oxygen atoms in total. The summed E-state index contributed by atoms with van der Waals surface area (Å²) in [4.78, 5) is 0. The molecule has 1 aliphatic carbocycles. The van der Waals surface area contributed by atoms with Crippen LogP contribution in [0.4, 0.5) is 0 Å². The lowest BCUT2D eigenvalue weighted by Gasteiger charge is -2.20. The van der Waals surface area contributed by atoms with Gasteiger partial charge in [-0.25, -0.2) is 0 Å². The molecule has 0 aliphatic heterocycles. The van der Waals surface area contributed by atoms with Crippen molar-refractivity contribution in [2.24, 2.45) is 0 Å². The molecule has 260 valence electrons. The second kappa shape index (κ2) is 13.2. The summed E-state index contributed by atoms with van der Waals surface area (Å²) in [5.41, 5.74) is 16.3. The first-order valence-electron chi connectivity index (χ1n) is 19.8. The molecule has 9 aromatic carbocycles. The fourth-order valence-electron chi connectivity index (χ4n) is 9.23. The van der Waals surface area contributed by atoms with Crippen LogP contribution in [-0.2, 0) is 6.42 Å². The van der Waals surface area contributed by atoms with E-state index in [1.165, 1.54) is 123 Å². The van der Waals surface area contributed by atoms with E-state index in [0.29, 0.717) is 5.92 Å². The van der Waals surface area contributed by atoms with Crippen molar-refractivity contribution in [3.05, 3.63) is 180 Å². The van der Waals surface area contributed by atoms with E-state index in [0.717, 1.165) is 12.8 Å². The predicted molar refractivity (Wildman–Crippen MR) is 234 cm³/mol. The Morgan fingerprint density at radius 3 is 1.44 bits per heavy atom. The Kier molecular flexibility index (Phi) is 7.95. The number of fused-ring (bicyclic) bond motifs is 6. The largest absolute Gasteiger partial charge is 0.0651 e. The summed E-state index contributed by atoms with van der Waals surface area (Å²) in [6, 6.07) is 59.7. The molecule has 0 radical (unpaired) electrons. The van der Waals surface area contributed by atoms with Gasteiger partial charge in [-0.05, 0) is 167 Å². The standard InChI is InChI=1S/C54H44/c1-4-13-37-29-40(53-30-38-14-5-7-16-42(38)45-18-9-11-20-47(45)53)24-26-44(37)50-33-51(35(3)28-34(50)2)49-27-25-41(32-52(49)36-22-23-36)54-31-39-15-6-8-17-43(39)46-19-10-12-21-48(46)54/h5-12,14-21,24-33,36H,4,13,22-23H2,1-3H3. The molecule has 10 rings (SSSR count). The van der Waals surface area contributed by atoms with E-state index in [1.54, 1.807) is 0 Å². The summed E-state index contributed by atoms with van der Waals surface area (Å²) in [5.74, 6) is 0.613. The molecule has 54 heavy (non-hydrogen) atoms. The van der Waals surface area contributed by atoms with E-state index < -0.39 is 0 Å². The van der Waals surface area contributed by atoms with E-state index in [1.807, 2.05) is 0 Å². The van der Waals surface area contributed by atoms with Crippen LogP contribution in [0, 0.1) is 13.8 Å². The summed E-state index contributed by atoms with van der Waals surface area (Å²) in [6.45, 7) is 6.90. The zero-order valence-corrected chi connectivity index (χ0v) is 31.4. The van der Waals surface area contributed by atoms with Gasteiger partial charge in [-0.2, -0.15) is 0 Å².